The molecule has 0 unspecified atom stereocenters. The lowest BCUT2D eigenvalue weighted by Gasteiger charge is -2.16. The minimum Gasteiger partial charge on any atom is -0.492 e. The highest BCUT2D eigenvalue weighted by molar-refractivity contribution is 7.89. The second kappa shape index (κ2) is 9.06. The first-order chi connectivity index (χ1) is 14.3. The van der Waals surface area contributed by atoms with E-state index < -0.39 is 10.0 Å². The molecule has 0 spiro atoms. The fourth-order valence-corrected chi connectivity index (χ4v) is 3.52. The summed E-state index contributed by atoms with van der Waals surface area (Å²) in [6.07, 6.45) is 1.49. The number of hydrogen-bond donors (Lipinski definition) is 1. The van der Waals surface area contributed by atoms with E-state index >= 15 is 0 Å². The maximum Gasteiger partial charge on any atom is 0.246 e. The maximum atomic E-state index is 13.0. The van der Waals surface area contributed by atoms with Crippen LogP contribution >= 0.6 is 0 Å². The monoisotopic (exact) mass is 432 g/mol. The Balaban J connectivity index is 1.86. The SMILES string of the molecule is CCOc1ccc(Nc2nccc(Oc3ccc(F)cc3)n2)cc1S(=O)(=O)N(C)C. The zero-order valence-electron chi connectivity index (χ0n) is 16.7. The van der Waals surface area contributed by atoms with Gasteiger partial charge in [0.1, 0.15) is 22.2 Å². The lowest BCUT2D eigenvalue weighted by molar-refractivity contribution is 0.330. The van der Waals surface area contributed by atoms with Gasteiger partial charge in [-0.1, -0.05) is 0 Å². The van der Waals surface area contributed by atoms with Crippen LogP contribution in [0.1, 0.15) is 6.92 Å². The van der Waals surface area contributed by atoms with Crippen LogP contribution in [0, 0.1) is 5.82 Å². The van der Waals surface area contributed by atoms with E-state index in [2.05, 4.69) is 15.3 Å². The average molecular weight is 432 g/mol. The summed E-state index contributed by atoms with van der Waals surface area (Å²) >= 11 is 0. The molecular formula is C20H21FN4O4S. The van der Waals surface area contributed by atoms with Gasteiger partial charge in [-0.3, -0.25) is 0 Å². The Morgan fingerprint density at radius 2 is 1.83 bits per heavy atom. The summed E-state index contributed by atoms with van der Waals surface area (Å²) < 4.78 is 50.5. The number of ether oxygens (including phenoxy) is 2. The standard InChI is InChI=1S/C20H21FN4O4S/c1-4-28-17-10-7-15(13-18(17)30(26,27)25(2)3)23-20-22-12-11-19(24-20)29-16-8-5-14(21)6-9-16/h5-13H,4H2,1-3H3,(H,22,23,24). The molecule has 2 aromatic carbocycles. The molecule has 0 saturated heterocycles. The fourth-order valence-electron chi connectivity index (χ4n) is 2.47. The molecule has 0 saturated carbocycles. The van der Waals surface area contributed by atoms with Crippen LogP contribution in [0.3, 0.4) is 0 Å². The Morgan fingerprint density at radius 3 is 2.50 bits per heavy atom. The molecule has 1 N–H and O–H groups in total. The zero-order chi connectivity index (χ0) is 21.7. The van der Waals surface area contributed by atoms with E-state index in [1.165, 1.54) is 50.6 Å². The lowest BCUT2D eigenvalue weighted by Crippen LogP contribution is -2.23. The minimum absolute atomic E-state index is 0.0260. The van der Waals surface area contributed by atoms with Gasteiger partial charge in [-0.15, -0.1) is 0 Å². The van der Waals surface area contributed by atoms with Crippen molar-refractivity contribution in [3.05, 3.63) is 60.5 Å². The van der Waals surface area contributed by atoms with E-state index in [1.807, 2.05) is 0 Å². The third-order valence-electron chi connectivity index (χ3n) is 3.92. The Morgan fingerprint density at radius 1 is 1.10 bits per heavy atom. The highest BCUT2D eigenvalue weighted by Gasteiger charge is 2.23. The number of aromatic nitrogens is 2. The molecule has 158 valence electrons. The van der Waals surface area contributed by atoms with Gasteiger partial charge in [-0.2, -0.15) is 4.98 Å². The van der Waals surface area contributed by atoms with Crippen LogP contribution in [0.5, 0.6) is 17.4 Å². The third-order valence-corrected chi connectivity index (χ3v) is 5.76. The van der Waals surface area contributed by atoms with Crippen LogP contribution < -0.4 is 14.8 Å². The van der Waals surface area contributed by atoms with E-state index in [1.54, 1.807) is 25.1 Å². The van der Waals surface area contributed by atoms with Crippen molar-refractivity contribution < 1.29 is 22.3 Å². The van der Waals surface area contributed by atoms with Gasteiger partial charge in [0, 0.05) is 32.0 Å². The molecule has 3 aromatic rings. The van der Waals surface area contributed by atoms with Crippen molar-refractivity contribution in [2.24, 2.45) is 0 Å². The number of benzene rings is 2. The molecule has 1 aromatic heterocycles. The molecule has 1 heterocycles. The first-order valence-electron chi connectivity index (χ1n) is 9.02. The predicted octanol–water partition coefficient (Wildman–Crippen LogP) is 3.80. The first-order valence-corrected chi connectivity index (χ1v) is 10.5. The molecule has 3 rings (SSSR count). The van der Waals surface area contributed by atoms with E-state index in [4.69, 9.17) is 9.47 Å². The second-order valence-corrected chi connectivity index (χ2v) is 8.40. The largest absolute Gasteiger partial charge is 0.492 e. The van der Waals surface area contributed by atoms with E-state index in [9.17, 15) is 12.8 Å². The van der Waals surface area contributed by atoms with Crippen LogP contribution in [0.25, 0.3) is 0 Å². The van der Waals surface area contributed by atoms with Gasteiger partial charge in [-0.05, 0) is 49.4 Å². The summed E-state index contributed by atoms with van der Waals surface area (Å²) in [6.45, 7) is 2.10. The maximum absolute atomic E-state index is 13.0. The summed E-state index contributed by atoms with van der Waals surface area (Å²) in [6, 6.07) is 11.8. The molecule has 0 aliphatic heterocycles. The molecule has 0 amide bonds. The topological polar surface area (TPSA) is 93.6 Å². The second-order valence-electron chi connectivity index (χ2n) is 6.28. The molecule has 0 radical (unpaired) electrons. The molecule has 30 heavy (non-hydrogen) atoms. The first kappa shape index (κ1) is 21.5. The van der Waals surface area contributed by atoms with Crippen molar-refractivity contribution in [2.45, 2.75) is 11.8 Å². The molecule has 10 heteroatoms. The van der Waals surface area contributed by atoms with Gasteiger partial charge < -0.3 is 14.8 Å². The van der Waals surface area contributed by atoms with Crippen molar-refractivity contribution in [3.8, 4) is 17.4 Å². The van der Waals surface area contributed by atoms with Crippen LogP contribution in [-0.2, 0) is 10.0 Å². The van der Waals surface area contributed by atoms with Gasteiger partial charge >= 0.3 is 0 Å². The number of rotatable bonds is 8. The highest BCUT2D eigenvalue weighted by Crippen LogP contribution is 2.30. The molecule has 0 fully saturated rings. The molecule has 8 nitrogen and oxygen atoms in total. The number of nitrogens with zero attached hydrogens (tertiary/aromatic N) is 3. The summed E-state index contributed by atoms with van der Waals surface area (Å²) in [4.78, 5) is 8.39. The molecular weight excluding hydrogens is 411 g/mol. The van der Waals surface area contributed by atoms with Crippen LogP contribution in [-0.4, -0.2) is 43.4 Å². The Kier molecular flexibility index (Phi) is 6.48. The summed E-state index contributed by atoms with van der Waals surface area (Å²) in [5, 5.41) is 2.96. The van der Waals surface area contributed by atoms with Gasteiger partial charge in [0.15, 0.2) is 0 Å². The Labute approximate surface area is 174 Å². The minimum atomic E-state index is -3.72. The smallest absolute Gasteiger partial charge is 0.246 e. The number of hydrogen-bond acceptors (Lipinski definition) is 7. The Bertz CT molecular complexity index is 1120. The lowest BCUT2D eigenvalue weighted by atomic mass is 10.3. The van der Waals surface area contributed by atoms with Crippen LogP contribution in [0.4, 0.5) is 16.0 Å². The van der Waals surface area contributed by atoms with E-state index in [0.717, 1.165) is 4.31 Å². The van der Waals surface area contributed by atoms with E-state index in [-0.39, 0.29) is 28.3 Å². The van der Waals surface area contributed by atoms with Gasteiger partial charge in [0.2, 0.25) is 21.9 Å². The van der Waals surface area contributed by atoms with Crippen molar-refractivity contribution in [1.29, 1.82) is 0 Å². The Hall–Kier alpha value is -3.24. The van der Waals surface area contributed by atoms with Gasteiger partial charge in [-0.25, -0.2) is 22.1 Å². The molecule has 0 aliphatic carbocycles. The number of nitrogens with one attached hydrogen (secondary N) is 1. The molecule has 0 aliphatic rings. The predicted molar refractivity (Wildman–Crippen MR) is 110 cm³/mol. The normalized spacial score (nSPS) is 11.4. The van der Waals surface area contributed by atoms with Crippen molar-refractivity contribution in [2.75, 3.05) is 26.0 Å². The van der Waals surface area contributed by atoms with Crippen molar-refractivity contribution >= 4 is 21.7 Å². The fraction of sp³-hybridized carbons (Fsp3) is 0.200. The summed E-state index contributed by atoms with van der Waals surface area (Å²) in [5.74, 6) is 0.747. The van der Waals surface area contributed by atoms with Crippen LogP contribution in [0.2, 0.25) is 0 Å². The van der Waals surface area contributed by atoms with E-state index in [0.29, 0.717) is 18.0 Å². The average Bonchev–Trinajstić information content (AvgIpc) is 2.71. The molecule has 0 bridgehead atoms. The quantitative estimate of drug-likeness (QED) is 0.579. The zero-order valence-corrected chi connectivity index (χ0v) is 17.5. The molecule has 0 atom stereocenters. The van der Waals surface area contributed by atoms with Gasteiger partial charge in [0.25, 0.3) is 0 Å². The van der Waals surface area contributed by atoms with Crippen LogP contribution in [0.15, 0.2) is 59.6 Å². The summed E-state index contributed by atoms with van der Waals surface area (Å²) in [5.41, 5.74) is 0.456. The van der Waals surface area contributed by atoms with Crippen molar-refractivity contribution in [3.63, 3.8) is 0 Å². The van der Waals surface area contributed by atoms with Gasteiger partial charge in [0.05, 0.1) is 6.61 Å². The number of sulfonamides is 1. The highest BCUT2D eigenvalue weighted by atomic mass is 32.2. The third kappa shape index (κ3) is 5.02. The van der Waals surface area contributed by atoms with Crippen molar-refractivity contribution in [1.82, 2.24) is 14.3 Å². The summed E-state index contributed by atoms with van der Waals surface area (Å²) in [7, 11) is -0.827. The number of anilines is 2. The number of halogens is 1.